The van der Waals surface area contributed by atoms with Crippen molar-refractivity contribution in [3.63, 3.8) is 0 Å². The Morgan fingerprint density at radius 1 is 1.50 bits per heavy atom. The standard InChI is InChI=1S/C9H12NO2Si.2ClH.Ti/c1-13(2)7-4-3-6(9(7)13)10-8(12)5-11;;;/h11H,4-5H2,1-2H3,(H,10,12);2*1H;/q;;;+2/p-2. The average molecular weight is 313 g/mol. The van der Waals surface area contributed by atoms with E-state index in [-0.39, 0.29) is 30.7 Å². The molecule has 0 fully saturated rings. The molecule has 7 heteroatoms. The second-order valence-electron chi connectivity index (χ2n) is 4.22. The van der Waals surface area contributed by atoms with Gasteiger partial charge < -0.3 is 24.8 Å². The molecule has 1 heterocycles. The molecule has 0 unspecified atom stereocenters. The molecule has 0 aromatic heterocycles. The van der Waals surface area contributed by atoms with Gasteiger partial charge in [0.1, 0.15) is 0 Å². The molecular weight excluding hydrogens is 301 g/mol. The monoisotopic (exact) mass is 312 g/mol. The molecule has 0 saturated heterocycles. The van der Waals surface area contributed by atoms with Crippen molar-refractivity contribution in [3.05, 3.63) is 20.0 Å². The molecule has 2 N–H and O–H groups in total. The number of amides is 1. The Bertz CT molecular complexity index is 393. The maximum Gasteiger partial charge on any atom is -1.00 e. The van der Waals surface area contributed by atoms with Gasteiger partial charge in [-0.25, -0.2) is 0 Å². The minimum Gasteiger partial charge on any atom is -1.00 e. The summed E-state index contributed by atoms with van der Waals surface area (Å²) >= 11 is 2.05. The van der Waals surface area contributed by atoms with Crippen LogP contribution in [-0.2, 0) is 25.2 Å². The van der Waals surface area contributed by atoms with Crippen LogP contribution in [0, 0.1) is 0 Å². The molecule has 0 atom stereocenters. The maximum atomic E-state index is 11.1. The van der Waals surface area contributed by atoms with Gasteiger partial charge in [-0.15, -0.1) is 0 Å². The average Bonchev–Trinajstić information content (AvgIpc) is 2.48. The fraction of sp³-hybridized carbons (Fsp3) is 0.444. The molecule has 0 spiro atoms. The van der Waals surface area contributed by atoms with Crippen molar-refractivity contribution in [3.8, 4) is 0 Å². The minimum absolute atomic E-state index is 0. The number of rotatable bonds is 2. The number of carbonyl (C=O) groups is 1. The Morgan fingerprint density at radius 2 is 2.06 bits per heavy atom. The molecule has 0 bridgehead atoms. The number of hydrogen-bond acceptors (Lipinski definition) is 2. The zero-order valence-electron chi connectivity index (χ0n) is 9.03. The summed E-state index contributed by atoms with van der Waals surface area (Å²) in [5, 5.41) is 14.5. The van der Waals surface area contributed by atoms with Crippen LogP contribution < -0.4 is 30.1 Å². The van der Waals surface area contributed by atoms with Gasteiger partial charge in [-0.2, -0.15) is 0 Å². The number of hydrogen-bond donors (Lipinski definition) is 2. The first-order chi connectivity index (χ1) is 6.48. The van der Waals surface area contributed by atoms with Crippen molar-refractivity contribution in [1.29, 1.82) is 0 Å². The van der Waals surface area contributed by atoms with Crippen molar-refractivity contribution < 1.29 is 55.2 Å². The molecule has 1 aliphatic carbocycles. The van der Waals surface area contributed by atoms with E-state index in [1.54, 1.807) is 5.20 Å². The van der Waals surface area contributed by atoms with Crippen molar-refractivity contribution in [2.24, 2.45) is 0 Å². The van der Waals surface area contributed by atoms with Crippen molar-refractivity contribution in [2.45, 2.75) is 19.5 Å². The summed E-state index contributed by atoms with van der Waals surface area (Å²) in [5.74, 6) is -0.301. The van der Waals surface area contributed by atoms with Crippen LogP contribution in [0.2, 0.25) is 13.1 Å². The van der Waals surface area contributed by atoms with E-state index < -0.39 is 14.7 Å². The van der Waals surface area contributed by atoms with Gasteiger partial charge in [-0.1, -0.05) is 0 Å². The van der Waals surface area contributed by atoms with Gasteiger partial charge in [0.25, 0.3) is 0 Å². The summed E-state index contributed by atoms with van der Waals surface area (Å²) in [7, 11) is -1.21. The zero-order valence-corrected chi connectivity index (χ0v) is 13.1. The first-order valence-electron chi connectivity index (χ1n) is 4.58. The van der Waals surface area contributed by atoms with E-state index in [9.17, 15) is 4.79 Å². The fourth-order valence-corrected chi connectivity index (χ4v) is 6.61. The van der Waals surface area contributed by atoms with Gasteiger partial charge in [-0.05, 0) is 0 Å². The molecule has 87 valence electrons. The summed E-state index contributed by atoms with van der Waals surface area (Å²) in [6.07, 6.45) is 1.04. The topological polar surface area (TPSA) is 49.3 Å². The molecule has 0 saturated carbocycles. The van der Waals surface area contributed by atoms with E-state index in [2.05, 4.69) is 18.4 Å². The number of allylic oxidation sites excluding steroid dienone is 3. The quantitative estimate of drug-likeness (QED) is 0.500. The fourth-order valence-electron chi connectivity index (χ4n) is 2.05. The van der Waals surface area contributed by atoms with Gasteiger partial charge >= 0.3 is 95.7 Å². The van der Waals surface area contributed by atoms with Crippen molar-refractivity contribution in [2.75, 3.05) is 6.61 Å². The second kappa shape index (κ2) is 5.38. The number of nitrogens with one attached hydrogen (secondary N) is 1. The molecular formula is C9H12Cl2NO2SiTi. The van der Waals surface area contributed by atoms with Gasteiger partial charge in [0, 0.05) is 0 Å². The van der Waals surface area contributed by atoms with E-state index in [0.717, 1.165) is 12.1 Å². The predicted molar refractivity (Wildman–Crippen MR) is 51.4 cm³/mol. The molecule has 1 amide bonds. The van der Waals surface area contributed by atoms with Gasteiger partial charge in [-0.3, -0.25) is 0 Å². The van der Waals surface area contributed by atoms with Gasteiger partial charge in [0.05, 0.1) is 0 Å². The Balaban J connectivity index is 0.00000112. The SMILES string of the molecule is C[Si]1(C)C2=C1C(NC(=O)CO)=[C]([Ti+2])C2.[Cl-].[Cl-]. The number of carbonyl (C=O) groups excluding carboxylic acids is 1. The van der Waals surface area contributed by atoms with E-state index in [1.165, 1.54) is 9.07 Å². The molecule has 3 nitrogen and oxygen atoms in total. The molecule has 2 aliphatic rings. The Labute approximate surface area is 120 Å². The van der Waals surface area contributed by atoms with Crippen LogP contribution in [0.25, 0.3) is 0 Å². The summed E-state index contributed by atoms with van der Waals surface area (Å²) in [5.41, 5.74) is 1.01. The molecule has 16 heavy (non-hydrogen) atoms. The summed E-state index contributed by atoms with van der Waals surface area (Å²) in [6.45, 7) is 4.17. The smallest absolute Gasteiger partial charge is 1.00 e. The van der Waals surface area contributed by atoms with Crippen LogP contribution in [0.5, 0.6) is 0 Å². The molecule has 0 radical (unpaired) electrons. The summed E-state index contributed by atoms with van der Waals surface area (Å²) in [4.78, 5) is 11.1. The van der Waals surface area contributed by atoms with Crippen LogP contribution in [0.15, 0.2) is 20.0 Å². The maximum absolute atomic E-state index is 11.1. The van der Waals surface area contributed by atoms with E-state index in [4.69, 9.17) is 5.11 Å². The third-order valence-electron chi connectivity index (χ3n) is 2.93. The first kappa shape index (κ1) is 16.4. The van der Waals surface area contributed by atoms with E-state index in [1.807, 2.05) is 20.4 Å². The van der Waals surface area contributed by atoms with Crippen molar-refractivity contribution >= 4 is 14.0 Å². The van der Waals surface area contributed by atoms with E-state index in [0.29, 0.717) is 0 Å². The third-order valence-corrected chi connectivity index (χ3v) is 7.09. The van der Waals surface area contributed by atoms with E-state index >= 15 is 0 Å². The molecule has 0 aromatic rings. The number of aliphatic hydroxyl groups excluding tert-OH is 1. The van der Waals surface area contributed by atoms with Gasteiger partial charge in [0.15, 0.2) is 0 Å². The minimum atomic E-state index is -1.21. The zero-order chi connectivity index (χ0) is 10.5. The molecule has 1 aliphatic heterocycles. The normalized spacial score (nSPS) is 19.8. The summed E-state index contributed by atoms with van der Waals surface area (Å²) < 4.78 is 1.24. The first-order valence-corrected chi connectivity index (χ1v) is 8.36. The van der Waals surface area contributed by atoms with Gasteiger partial charge in [0.2, 0.25) is 0 Å². The number of aliphatic hydroxyl groups is 1. The third kappa shape index (κ3) is 2.47. The largest absolute Gasteiger partial charge is 1.00 e. The Morgan fingerprint density at radius 3 is 2.50 bits per heavy atom. The number of halogens is 2. The van der Waals surface area contributed by atoms with Crippen molar-refractivity contribution in [1.82, 2.24) is 5.32 Å². The summed E-state index contributed by atoms with van der Waals surface area (Å²) in [6, 6.07) is 0. The van der Waals surface area contributed by atoms with Crippen LogP contribution >= 0.6 is 0 Å². The van der Waals surface area contributed by atoms with Crippen LogP contribution in [0.3, 0.4) is 0 Å². The van der Waals surface area contributed by atoms with Crippen LogP contribution in [-0.4, -0.2) is 25.7 Å². The Hall–Kier alpha value is 0.421. The second-order valence-corrected chi connectivity index (χ2v) is 9.51. The van der Waals surface area contributed by atoms with Crippen LogP contribution in [0.4, 0.5) is 0 Å². The predicted octanol–water partition coefficient (Wildman–Crippen LogP) is -5.64. The Kier molecular flexibility index (Phi) is 5.52. The van der Waals surface area contributed by atoms with Crippen LogP contribution in [0.1, 0.15) is 6.42 Å². The molecule has 0 aromatic carbocycles. The molecule has 2 rings (SSSR count).